The second-order valence-electron chi connectivity index (χ2n) is 3.61. The minimum absolute atomic E-state index is 0.286. The average molecular weight is 259 g/mol. The number of hydrogen-bond acceptors (Lipinski definition) is 3. The summed E-state index contributed by atoms with van der Waals surface area (Å²) in [4.78, 5) is 0. The van der Waals surface area contributed by atoms with E-state index in [0.717, 1.165) is 5.56 Å². The average Bonchev–Trinajstić information content (AvgIpc) is 2.29. The number of nitrogens with zero attached hydrogens (tertiary/aromatic N) is 1. The summed E-state index contributed by atoms with van der Waals surface area (Å²) in [6.45, 7) is -0.366. The van der Waals surface area contributed by atoms with Gasteiger partial charge in [-0.1, -0.05) is 12.1 Å². The van der Waals surface area contributed by atoms with E-state index in [1.54, 1.807) is 18.2 Å². The van der Waals surface area contributed by atoms with Crippen molar-refractivity contribution in [1.29, 1.82) is 5.26 Å². The predicted molar refractivity (Wildman–Crippen MR) is 57.8 cm³/mol. The molecule has 6 heteroatoms. The number of rotatable bonds is 5. The van der Waals surface area contributed by atoms with Crippen molar-refractivity contribution in [3.8, 4) is 11.8 Å². The monoisotopic (exact) mass is 259 g/mol. The number of halogens is 3. The Morgan fingerprint density at radius 2 is 2.11 bits per heavy atom. The molecule has 0 heterocycles. The first kappa shape index (κ1) is 14.3. The van der Waals surface area contributed by atoms with Gasteiger partial charge in [-0.15, -0.1) is 0 Å². The predicted octanol–water partition coefficient (Wildman–Crippen LogP) is 2.91. The van der Waals surface area contributed by atoms with Crippen LogP contribution in [0.4, 0.5) is 13.2 Å². The molecule has 0 spiro atoms. The number of nitriles is 1. The minimum atomic E-state index is -4.57. The summed E-state index contributed by atoms with van der Waals surface area (Å²) >= 11 is 0. The van der Waals surface area contributed by atoms with Crippen molar-refractivity contribution in [1.82, 2.24) is 0 Å². The van der Waals surface area contributed by atoms with Gasteiger partial charge in [-0.25, -0.2) is 0 Å². The first-order valence-electron chi connectivity index (χ1n) is 5.14. The zero-order chi connectivity index (χ0) is 13.6. The van der Waals surface area contributed by atoms with Gasteiger partial charge in [-0.05, 0) is 17.7 Å². The highest BCUT2D eigenvalue weighted by Gasteiger charge is 2.40. The minimum Gasteiger partial charge on any atom is -0.492 e. The van der Waals surface area contributed by atoms with E-state index >= 15 is 0 Å². The molecule has 0 aliphatic rings. The van der Waals surface area contributed by atoms with Gasteiger partial charge in [0.1, 0.15) is 12.4 Å². The first-order valence-corrected chi connectivity index (χ1v) is 5.14. The summed E-state index contributed by atoms with van der Waals surface area (Å²) in [7, 11) is 1.52. The van der Waals surface area contributed by atoms with Crippen LogP contribution in [-0.2, 0) is 11.3 Å². The van der Waals surface area contributed by atoms with Crippen LogP contribution in [0.3, 0.4) is 0 Å². The highest BCUT2D eigenvalue weighted by Crippen LogP contribution is 2.26. The Labute approximate surface area is 103 Å². The van der Waals surface area contributed by atoms with E-state index in [0.29, 0.717) is 6.61 Å². The highest BCUT2D eigenvalue weighted by molar-refractivity contribution is 5.28. The number of alkyl halides is 3. The first-order chi connectivity index (χ1) is 8.47. The number of benzene rings is 1. The summed E-state index contributed by atoms with van der Waals surface area (Å²) in [5, 5.41) is 8.41. The fraction of sp³-hybridized carbons (Fsp3) is 0.417. The van der Waals surface area contributed by atoms with Crippen molar-refractivity contribution in [2.75, 3.05) is 13.7 Å². The summed E-state index contributed by atoms with van der Waals surface area (Å²) in [6, 6.07) is 7.70. The van der Waals surface area contributed by atoms with Crippen LogP contribution in [0.2, 0.25) is 0 Å². The number of hydrogen-bond donors (Lipinski definition) is 0. The van der Waals surface area contributed by atoms with Crippen LogP contribution in [0.5, 0.6) is 5.75 Å². The van der Waals surface area contributed by atoms with Gasteiger partial charge in [0, 0.05) is 7.11 Å². The molecular weight excluding hydrogens is 247 g/mol. The molecule has 0 radical (unpaired) electrons. The Kier molecular flexibility index (Phi) is 4.98. The summed E-state index contributed by atoms with van der Waals surface area (Å²) in [5.41, 5.74) is 0.788. The molecule has 1 aromatic rings. The Bertz CT molecular complexity index is 426. The van der Waals surface area contributed by atoms with E-state index in [2.05, 4.69) is 0 Å². The van der Waals surface area contributed by atoms with Crippen molar-refractivity contribution >= 4 is 0 Å². The molecule has 0 bridgehead atoms. The summed E-state index contributed by atoms with van der Waals surface area (Å²) in [6.07, 6.45) is -4.57. The molecule has 0 fully saturated rings. The maximum Gasteiger partial charge on any atom is 0.407 e. The van der Waals surface area contributed by atoms with E-state index in [1.165, 1.54) is 19.2 Å². The Hall–Kier alpha value is -1.74. The second-order valence-corrected chi connectivity index (χ2v) is 3.61. The number of ether oxygens (including phenoxy) is 2. The van der Waals surface area contributed by atoms with Crippen molar-refractivity contribution in [3.63, 3.8) is 0 Å². The van der Waals surface area contributed by atoms with E-state index in [4.69, 9.17) is 14.7 Å². The zero-order valence-corrected chi connectivity index (χ0v) is 9.70. The number of methoxy groups -OCH3 is 1. The van der Waals surface area contributed by atoms with Gasteiger partial charge in [-0.3, -0.25) is 0 Å². The molecule has 0 saturated carbocycles. The smallest absolute Gasteiger partial charge is 0.407 e. The lowest BCUT2D eigenvalue weighted by Gasteiger charge is -2.14. The van der Waals surface area contributed by atoms with Crippen LogP contribution >= 0.6 is 0 Å². The SMILES string of the molecule is COCc1cccc(OCC(C#N)C(F)(F)F)c1. The standard InChI is InChI=1S/C12H12F3NO2/c1-17-7-9-3-2-4-11(5-9)18-8-10(6-16)12(13,14)15/h2-5,10H,7-8H2,1H3. The van der Waals surface area contributed by atoms with Gasteiger partial charge in [0.15, 0.2) is 5.92 Å². The Balaban J connectivity index is 2.63. The Morgan fingerprint density at radius 1 is 1.39 bits per heavy atom. The van der Waals surface area contributed by atoms with Crippen LogP contribution < -0.4 is 4.74 Å². The molecule has 0 amide bonds. The molecule has 1 atom stereocenters. The molecule has 1 rings (SSSR count). The van der Waals surface area contributed by atoms with Gasteiger partial charge in [0.25, 0.3) is 0 Å². The summed E-state index contributed by atoms with van der Waals surface area (Å²) in [5.74, 6) is -1.84. The fourth-order valence-corrected chi connectivity index (χ4v) is 1.28. The van der Waals surface area contributed by atoms with Gasteiger partial charge >= 0.3 is 6.18 Å². The van der Waals surface area contributed by atoms with Gasteiger partial charge < -0.3 is 9.47 Å². The highest BCUT2D eigenvalue weighted by atomic mass is 19.4. The molecule has 0 aliphatic heterocycles. The van der Waals surface area contributed by atoms with Crippen molar-refractivity contribution in [2.24, 2.45) is 5.92 Å². The quantitative estimate of drug-likeness (QED) is 0.816. The van der Waals surface area contributed by atoms with Crippen molar-refractivity contribution < 1.29 is 22.6 Å². The van der Waals surface area contributed by atoms with Crippen LogP contribution in [-0.4, -0.2) is 19.9 Å². The maximum absolute atomic E-state index is 12.3. The molecule has 0 saturated heterocycles. The van der Waals surface area contributed by atoms with Crippen molar-refractivity contribution in [2.45, 2.75) is 12.8 Å². The Morgan fingerprint density at radius 3 is 2.67 bits per heavy atom. The lowest BCUT2D eigenvalue weighted by Crippen LogP contribution is -2.27. The van der Waals surface area contributed by atoms with Gasteiger partial charge in [-0.2, -0.15) is 18.4 Å². The maximum atomic E-state index is 12.3. The molecule has 98 valence electrons. The van der Waals surface area contributed by atoms with E-state index in [1.807, 2.05) is 0 Å². The molecule has 1 unspecified atom stereocenters. The van der Waals surface area contributed by atoms with Crippen LogP contribution in [0.15, 0.2) is 24.3 Å². The van der Waals surface area contributed by atoms with Crippen molar-refractivity contribution in [3.05, 3.63) is 29.8 Å². The van der Waals surface area contributed by atoms with Gasteiger partial charge in [0.2, 0.25) is 0 Å². The molecule has 18 heavy (non-hydrogen) atoms. The third-order valence-corrected chi connectivity index (χ3v) is 2.18. The third kappa shape index (κ3) is 4.26. The molecule has 0 aliphatic carbocycles. The largest absolute Gasteiger partial charge is 0.492 e. The second kappa shape index (κ2) is 6.26. The molecule has 1 aromatic carbocycles. The molecule has 3 nitrogen and oxygen atoms in total. The van der Waals surface area contributed by atoms with Crippen LogP contribution in [0.25, 0.3) is 0 Å². The van der Waals surface area contributed by atoms with Crippen LogP contribution in [0, 0.1) is 17.2 Å². The zero-order valence-electron chi connectivity index (χ0n) is 9.70. The molecule has 0 N–H and O–H groups in total. The molecular formula is C12H12F3NO2. The third-order valence-electron chi connectivity index (χ3n) is 2.18. The van der Waals surface area contributed by atoms with Gasteiger partial charge in [0.05, 0.1) is 12.7 Å². The van der Waals surface area contributed by atoms with E-state index in [9.17, 15) is 13.2 Å². The normalized spacial score (nSPS) is 12.8. The fourth-order valence-electron chi connectivity index (χ4n) is 1.28. The van der Waals surface area contributed by atoms with Crippen LogP contribution in [0.1, 0.15) is 5.56 Å². The van der Waals surface area contributed by atoms with E-state index in [-0.39, 0.29) is 5.75 Å². The topological polar surface area (TPSA) is 42.2 Å². The molecule has 0 aromatic heterocycles. The lowest BCUT2D eigenvalue weighted by atomic mass is 10.2. The summed E-state index contributed by atoms with van der Waals surface area (Å²) < 4.78 is 46.8. The lowest BCUT2D eigenvalue weighted by molar-refractivity contribution is -0.165. The van der Waals surface area contributed by atoms with E-state index < -0.39 is 18.7 Å².